The molecule has 0 spiro atoms. The molecule has 1 N–H and O–H groups in total. The number of hydrogen-bond donors (Lipinski definition) is 1. The van der Waals surface area contributed by atoms with Crippen LogP contribution in [0.15, 0.2) is 30.3 Å². The molecule has 1 unspecified atom stereocenters. The molecule has 0 aliphatic carbocycles. The highest BCUT2D eigenvalue weighted by molar-refractivity contribution is 5.81. The maximum atomic E-state index is 12.2. The van der Waals surface area contributed by atoms with E-state index in [4.69, 9.17) is 9.47 Å². The van der Waals surface area contributed by atoms with Gasteiger partial charge >= 0.3 is 0 Å². The van der Waals surface area contributed by atoms with E-state index in [9.17, 15) is 4.79 Å². The largest absolute Gasteiger partial charge is 0.481 e. The maximum Gasteiger partial charge on any atom is 0.260 e. The fourth-order valence-electron chi connectivity index (χ4n) is 2.60. The zero-order chi connectivity index (χ0) is 15.8. The number of nitrogens with one attached hydrogen (secondary N) is 1. The molecular weight excluding hydrogens is 280 g/mol. The van der Waals surface area contributed by atoms with Gasteiger partial charge in [0.15, 0.2) is 6.10 Å². The van der Waals surface area contributed by atoms with E-state index in [1.165, 1.54) is 0 Å². The number of benzene rings is 1. The lowest BCUT2D eigenvalue weighted by molar-refractivity contribution is -0.128. The van der Waals surface area contributed by atoms with Crippen molar-refractivity contribution in [2.24, 2.45) is 0 Å². The maximum absolute atomic E-state index is 12.2. The Morgan fingerprint density at radius 1 is 1.32 bits per heavy atom. The zero-order valence-electron chi connectivity index (χ0n) is 13.5. The van der Waals surface area contributed by atoms with Crippen LogP contribution in [0.1, 0.15) is 19.8 Å². The van der Waals surface area contributed by atoms with Gasteiger partial charge in [0.1, 0.15) is 5.75 Å². The summed E-state index contributed by atoms with van der Waals surface area (Å²) in [6.07, 6.45) is 1.48. The van der Waals surface area contributed by atoms with Crippen LogP contribution in [-0.4, -0.2) is 56.3 Å². The van der Waals surface area contributed by atoms with E-state index in [0.29, 0.717) is 0 Å². The molecule has 1 amide bonds. The van der Waals surface area contributed by atoms with E-state index in [2.05, 4.69) is 10.2 Å². The number of nitrogens with zero attached hydrogens (tertiary/aromatic N) is 1. The predicted octanol–water partition coefficient (Wildman–Crippen LogP) is 1.68. The van der Waals surface area contributed by atoms with E-state index in [1.807, 2.05) is 30.3 Å². The SMILES string of the molecule is COCCN1CCC(NC(=O)C(C)Oc2ccccc2)CC1. The highest BCUT2D eigenvalue weighted by Gasteiger charge is 2.23. The molecule has 1 fully saturated rings. The van der Waals surface area contributed by atoms with Gasteiger partial charge in [0.25, 0.3) is 5.91 Å². The lowest BCUT2D eigenvalue weighted by Gasteiger charge is -2.32. The van der Waals surface area contributed by atoms with E-state index >= 15 is 0 Å². The van der Waals surface area contributed by atoms with Crippen LogP contribution < -0.4 is 10.1 Å². The van der Waals surface area contributed by atoms with Crippen molar-refractivity contribution in [3.63, 3.8) is 0 Å². The van der Waals surface area contributed by atoms with Crippen LogP contribution in [0.2, 0.25) is 0 Å². The van der Waals surface area contributed by atoms with Crippen molar-refractivity contribution in [1.29, 1.82) is 0 Å². The van der Waals surface area contributed by atoms with Gasteiger partial charge in [0.2, 0.25) is 0 Å². The predicted molar refractivity (Wildman–Crippen MR) is 86.0 cm³/mol. The normalized spacial score (nSPS) is 17.9. The number of hydrogen-bond acceptors (Lipinski definition) is 4. The first-order chi connectivity index (χ1) is 10.7. The van der Waals surface area contributed by atoms with Gasteiger partial charge in [-0.3, -0.25) is 4.79 Å². The Bertz CT molecular complexity index is 444. The van der Waals surface area contributed by atoms with Crippen LogP contribution in [0.3, 0.4) is 0 Å². The van der Waals surface area contributed by atoms with E-state index < -0.39 is 6.10 Å². The lowest BCUT2D eigenvalue weighted by Crippen LogP contribution is -2.48. The Hall–Kier alpha value is -1.59. The number of amides is 1. The zero-order valence-corrected chi connectivity index (χ0v) is 13.5. The second kappa shape index (κ2) is 8.76. The smallest absolute Gasteiger partial charge is 0.260 e. The van der Waals surface area contributed by atoms with Crippen LogP contribution in [0.5, 0.6) is 5.75 Å². The summed E-state index contributed by atoms with van der Waals surface area (Å²) < 4.78 is 10.7. The fraction of sp³-hybridized carbons (Fsp3) is 0.588. The Balaban J connectivity index is 1.71. The molecule has 22 heavy (non-hydrogen) atoms. The second-order valence-corrected chi connectivity index (χ2v) is 5.69. The number of ether oxygens (including phenoxy) is 2. The van der Waals surface area contributed by atoms with Gasteiger partial charge in [-0.05, 0) is 31.9 Å². The van der Waals surface area contributed by atoms with Crippen LogP contribution >= 0.6 is 0 Å². The third kappa shape index (κ3) is 5.31. The van der Waals surface area contributed by atoms with Crippen molar-refractivity contribution in [2.75, 3.05) is 33.4 Å². The molecule has 0 saturated carbocycles. The molecule has 1 aliphatic rings. The van der Waals surface area contributed by atoms with Crippen molar-refractivity contribution in [2.45, 2.75) is 31.9 Å². The molecule has 2 rings (SSSR count). The minimum absolute atomic E-state index is 0.0424. The first kappa shape index (κ1) is 16.8. The van der Waals surface area contributed by atoms with Crippen LogP contribution in [0.25, 0.3) is 0 Å². The Morgan fingerprint density at radius 3 is 2.64 bits per heavy atom. The van der Waals surface area contributed by atoms with E-state index in [0.717, 1.165) is 44.8 Å². The van der Waals surface area contributed by atoms with Crippen molar-refractivity contribution in [3.8, 4) is 5.75 Å². The van der Waals surface area contributed by atoms with Crippen LogP contribution in [0, 0.1) is 0 Å². The molecule has 0 radical (unpaired) electrons. The third-order valence-corrected chi connectivity index (χ3v) is 3.97. The minimum Gasteiger partial charge on any atom is -0.481 e. The molecule has 1 aromatic rings. The van der Waals surface area contributed by atoms with Crippen LogP contribution in [-0.2, 0) is 9.53 Å². The molecule has 122 valence electrons. The van der Waals surface area contributed by atoms with Crippen molar-refractivity contribution >= 4 is 5.91 Å². The van der Waals surface area contributed by atoms with Gasteiger partial charge in [-0.1, -0.05) is 18.2 Å². The Labute approximate surface area is 132 Å². The molecule has 1 saturated heterocycles. The van der Waals surface area contributed by atoms with Gasteiger partial charge < -0.3 is 19.7 Å². The molecular formula is C17H26N2O3. The molecule has 1 atom stereocenters. The number of likely N-dealkylation sites (tertiary alicyclic amines) is 1. The van der Waals surface area contributed by atoms with Crippen molar-refractivity contribution < 1.29 is 14.3 Å². The summed E-state index contributed by atoms with van der Waals surface area (Å²) in [4.78, 5) is 14.6. The summed E-state index contributed by atoms with van der Waals surface area (Å²) in [6.45, 7) is 5.52. The number of rotatable bonds is 7. The summed E-state index contributed by atoms with van der Waals surface area (Å²) >= 11 is 0. The summed E-state index contributed by atoms with van der Waals surface area (Å²) in [5, 5.41) is 3.09. The van der Waals surface area contributed by atoms with Crippen LogP contribution in [0.4, 0.5) is 0 Å². The Morgan fingerprint density at radius 2 is 2.00 bits per heavy atom. The standard InChI is InChI=1S/C17H26N2O3/c1-14(22-16-6-4-3-5-7-16)17(20)18-15-8-10-19(11-9-15)12-13-21-2/h3-7,14-15H,8-13H2,1-2H3,(H,18,20). The minimum atomic E-state index is -0.478. The monoisotopic (exact) mass is 306 g/mol. The second-order valence-electron chi connectivity index (χ2n) is 5.69. The summed E-state index contributed by atoms with van der Waals surface area (Å²) in [6, 6.07) is 9.68. The molecule has 5 nitrogen and oxygen atoms in total. The van der Waals surface area contributed by atoms with Crippen molar-refractivity contribution in [1.82, 2.24) is 10.2 Å². The average molecular weight is 306 g/mol. The number of carbonyl (C=O) groups excluding carboxylic acids is 1. The summed E-state index contributed by atoms with van der Waals surface area (Å²) in [5.41, 5.74) is 0. The van der Waals surface area contributed by atoms with E-state index in [1.54, 1.807) is 14.0 Å². The molecule has 5 heteroatoms. The number of methoxy groups -OCH3 is 1. The highest BCUT2D eigenvalue weighted by Crippen LogP contribution is 2.13. The Kier molecular flexibility index (Phi) is 6.68. The molecule has 1 aromatic carbocycles. The van der Waals surface area contributed by atoms with Gasteiger partial charge in [-0.2, -0.15) is 0 Å². The number of carbonyl (C=O) groups is 1. The quantitative estimate of drug-likeness (QED) is 0.833. The average Bonchev–Trinajstić information content (AvgIpc) is 2.55. The van der Waals surface area contributed by atoms with Gasteiger partial charge in [0.05, 0.1) is 6.61 Å². The first-order valence-corrected chi connectivity index (χ1v) is 7.92. The fourth-order valence-corrected chi connectivity index (χ4v) is 2.60. The van der Waals surface area contributed by atoms with Gasteiger partial charge in [-0.25, -0.2) is 0 Å². The summed E-state index contributed by atoms with van der Waals surface area (Å²) in [5.74, 6) is 0.679. The van der Waals surface area contributed by atoms with Gasteiger partial charge in [0, 0.05) is 32.8 Å². The lowest BCUT2D eigenvalue weighted by atomic mass is 10.0. The molecule has 0 bridgehead atoms. The molecule has 1 heterocycles. The first-order valence-electron chi connectivity index (χ1n) is 7.92. The number of para-hydroxylation sites is 1. The molecule has 0 aromatic heterocycles. The van der Waals surface area contributed by atoms with E-state index in [-0.39, 0.29) is 11.9 Å². The third-order valence-electron chi connectivity index (χ3n) is 3.97. The van der Waals surface area contributed by atoms with Crippen molar-refractivity contribution in [3.05, 3.63) is 30.3 Å². The number of piperidine rings is 1. The molecule has 1 aliphatic heterocycles. The summed E-state index contributed by atoms with van der Waals surface area (Å²) in [7, 11) is 1.72. The topological polar surface area (TPSA) is 50.8 Å². The van der Waals surface area contributed by atoms with Gasteiger partial charge in [-0.15, -0.1) is 0 Å². The highest BCUT2D eigenvalue weighted by atomic mass is 16.5.